The number of thiocarbonyl (C=S) groups is 1. The van der Waals surface area contributed by atoms with Crippen LogP contribution in [-0.2, 0) is 11.3 Å². The number of nitrogens with two attached hydrogens (primary N) is 1. The van der Waals surface area contributed by atoms with Gasteiger partial charge in [0, 0.05) is 18.9 Å². The highest BCUT2D eigenvalue weighted by Gasteiger charge is 2.03. The number of hydrogen-bond acceptors (Lipinski definition) is 3. The van der Waals surface area contributed by atoms with Gasteiger partial charge in [-0.15, -0.1) is 0 Å². The lowest BCUT2D eigenvalue weighted by Gasteiger charge is -2.06. The first kappa shape index (κ1) is 11.6. The Kier molecular flexibility index (Phi) is 4.17. The van der Waals surface area contributed by atoms with Gasteiger partial charge in [-0.05, 0) is 24.1 Å². The molecule has 0 saturated heterocycles. The molecule has 0 bridgehead atoms. The second-order valence-electron chi connectivity index (χ2n) is 3.22. The Morgan fingerprint density at radius 1 is 1.67 bits per heavy atom. The minimum absolute atomic E-state index is 0.0967. The third-order valence-corrected chi connectivity index (χ3v) is 2.09. The van der Waals surface area contributed by atoms with Crippen LogP contribution in [0.2, 0.25) is 0 Å². The number of carbonyl (C=O) groups excluding carboxylic acids is 1. The molecule has 0 unspecified atom stereocenters. The molecular weight excluding hydrogens is 210 g/mol. The number of pyridine rings is 1. The van der Waals surface area contributed by atoms with E-state index in [1.807, 2.05) is 13.0 Å². The van der Waals surface area contributed by atoms with Crippen molar-refractivity contribution in [3.63, 3.8) is 0 Å². The summed E-state index contributed by atoms with van der Waals surface area (Å²) < 4.78 is 0. The van der Waals surface area contributed by atoms with Crippen molar-refractivity contribution in [3.8, 4) is 0 Å². The molecule has 5 heteroatoms. The molecule has 15 heavy (non-hydrogen) atoms. The molecule has 1 aromatic heterocycles. The third-order valence-electron chi connectivity index (χ3n) is 1.95. The molecule has 0 spiro atoms. The third kappa shape index (κ3) is 4.03. The summed E-state index contributed by atoms with van der Waals surface area (Å²) in [5.74, 6) is -0.154. The zero-order valence-corrected chi connectivity index (χ0v) is 9.30. The van der Waals surface area contributed by atoms with Gasteiger partial charge in [0.1, 0.15) is 0 Å². The maximum atomic E-state index is 11.2. The van der Waals surface area contributed by atoms with Gasteiger partial charge in [-0.25, -0.2) is 0 Å². The molecule has 4 nitrogen and oxygen atoms in total. The van der Waals surface area contributed by atoms with Crippen LogP contribution in [0.25, 0.3) is 0 Å². The van der Waals surface area contributed by atoms with Crippen molar-refractivity contribution in [3.05, 3.63) is 29.6 Å². The van der Waals surface area contributed by atoms with Gasteiger partial charge in [0.25, 0.3) is 0 Å². The molecule has 0 aliphatic heterocycles. The van der Waals surface area contributed by atoms with Gasteiger partial charge in [0.05, 0.1) is 11.4 Å². The molecule has 0 atom stereocenters. The van der Waals surface area contributed by atoms with E-state index >= 15 is 0 Å². The molecule has 1 amide bonds. The summed E-state index contributed by atoms with van der Waals surface area (Å²) in [7, 11) is 0. The molecule has 3 N–H and O–H groups in total. The minimum Gasteiger partial charge on any atom is -0.393 e. The normalized spacial score (nSPS) is 9.67. The first-order valence-corrected chi connectivity index (χ1v) is 4.95. The largest absolute Gasteiger partial charge is 0.393 e. The SMILES string of the molecule is Cc1cnccc1CNC(=O)CC(N)=S. The Balaban J connectivity index is 2.47. The fourth-order valence-corrected chi connectivity index (χ4v) is 1.25. The predicted molar refractivity (Wildman–Crippen MR) is 62.2 cm³/mol. The van der Waals surface area contributed by atoms with Crippen LogP contribution in [0.4, 0.5) is 0 Å². The minimum atomic E-state index is -0.154. The quantitative estimate of drug-likeness (QED) is 0.737. The number of aromatic nitrogens is 1. The van der Waals surface area contributed by atoms with Gasteiger partial charge in [0.15, 0.2) is 0 Å². The monoisotopic (exact) mass is 223 g/mol. The molecule has 0 fully saturated rings. The standard InChI is InChI=1S/C10H13N3OS/c1-7-5-12-3-2-8(7)6-13-10(14)4-9(11)15/h2-3,5H,4,6H2,1H3,(H2,11,15)(H,13,14). The summed E-state index contributed by atoms with van der Waals surface area (Å²) in [6, 6.07) is 1.87. The lowest BCUT2D eigenvalue weighted by Crippen LogP contribution is -2.27. The van der Waals surface area contributed by atoms with E-state index in [0.717, 1.165) is 11.1 Å². The Morgan fingerprint density at radius 3 is 3.00 bits per heavy atom. The Bertz CT molecular complexity index is 379. The predicted octanol–water partition coefficient (Wildman–Crippen LogP) is 0.682. The molecule has 0 aliphatic carbocycles. The molecule has 1 rings (SSSR count). The van der Waals surface area contributed by atoms with Crippen LogP contribution in [0, 0.1) is 6.92 Å². The first-order valence-electron chi connectivity index (χ1n) is 4.54. The van der Waals surface area contributed by atoms with E-state index in [4.69, 9.17) is 5.73 Å². The summed E-state index contributed by atoms with van der Waals surface area (Å²) in [4.78, 5) is 15.4. The average molecular weight is 223 g/mol. The second-order valence-corrected chi connectivity index (χ2v) is 3.75. The van der Waals surface area contributed by atoms with Gasteiger partial charge >= 0.3 is 0 Å². The number of aryl methyl sites for hydroxylation is 1. The summed E-state index contributed by atoms with van der Waals surface area (Å²) in [6.07, 6.45) is 3.55. The number of carbonyl (C=O) groups is 1. The van der Waals surface area contributed by atoms with Crippen molar-refractivity contribution in [2.75, 3.05) is 0 Å². The number of amides is 1. The van der Waals surface area contributed by atoms with Crippen molar-refractivity contribution >= 4 is 23.1 Å². The van der Waals surface area contributed by atoms with Gasteiger partial charge in [-0.2, -0.15) is 0 Å². The molecule has 0 saturated carbocycles. The Hall–Kier alpha value is -1.49. The van der Waals surface area contributed by atoms with Crippen LogP contribution < -0.4 is 11.1 Å². The van der Waals surface area contributed by atoms with Crippen molar-refractivity contribution in [2.45, 2.75) is 19.9 Å². The topological polar surface area (TPSA) is 68.0 Å². The van der Waals surface area contributed by atoms with Gasteiger partial charge in [-0.3, -0.25) is 9.78 Å². The van der Waals surface area contributed by atoms with Crippen LogP contribution in [0.3, 0.4) is 0 Å². The van der Waals surface area contributed by atoms with Crippen molar-refractivity contribution in [2.24, 2.45) is 5.73 Å². The average Bonchev–Trinajstić information content (AvgIpc) is 2.15. The van der Waals surface area contributed by atoms with Crippen LogP contribution >= 0.6 is 12.2 Å². The maximum absolute atomic E-state index is 11.2. The van der Waals surface area contributed by atoms with E-state index in [1.165, 1.54) is 0 Å². The number of rotatable bonds is 4. The molecule has 80 valence electrons. The molecule has 1 aromatic rings. The van der Waals surface area contributed by atoms with Crippen LogP contribution in [-0.4, -0.2) is 15.9 Å². The van der Waals surface area contributed by atoms with Crippen molar-refractivity contribution in [1.29, 1.82) is 0 Å². The highest BCUT2D eigenvalue weighted by atomic mass is 32.1. The van der Waals surface area contributed by atoms with E-state index in [9.17, 15) is 4.79 Å². The van der Waals surface area contributed by atoms with Gasteiger partial charge in [-0.1, -0.05) is 12.2 Å². The Labute approximate surface area is 93.9 Å². The highest BCUT2D eigenvalue weighted by molar-refractivity contribution is 7.80. The van der Waals surface area contributed by atoms with Gasteiger partial charge in [0.2, 0.25) is 5.91 Å². The number of hydrogen-bond donors (Lipinski definition) is 2. The van der Waals surface area contributed by atoms with Gasteiger partial charge < -0.3 is 11.1 Å². The fraction of sp³-hybridized carbons (Fsp3) is 0.300. The molecular formula is C10H13N3OS. The lowest BCUT2D eigenvalue weighted by molar-refractivity contribution is -0.120. The summed E-state index contributed by atoms with van der Waals surface area (Å²) in [6.45, 7) is 2.43. The smallest absolute Gasteiger partial charge is 0.227 e. The summed E-state index contributed by atoms with van der Waals surface area (Å²) in [5, 5.41) is 2.74. The van der Waals surface area contributed by atoms with Crippen LogP contribution in [0.1, 0.15) is 17.5 Å². The Morgan fingerprint density at radius 2 is 2.40 bits per heavy atom. The van der Waals surface area contributed by atoms with Crippen LogP contribution in [0.15, 0.2) is 18.5 Å². The van der Waals surface area contributed by atoms with Crippen molar-refractivity contribution < 1.29 is 4.79 Å². The molecule has 0 radical (unpaired) electrons. The molecule has 1 heterocycles. The molecule has 0 aliphatic rings. The number of nitrogens with one attached hydrogen (secondary N) is 1. The summed E-state index contributed by atoms with van der Waals surface area (Å²) >= 11 is 4.64. The van der Waals surface area contributed by atoms with E-state index in [2.05, 4.69) is 22.5 Å². The van der Waals surface area contributed by atoms with E-state index in [0.29, 0.717) is 6.54 Å². The van der Waals surface area contributed by atoms with E-state index in [-0.39, 0.29) is 17.3 Å². The maximum Gasteiger partial charge on any atom is 0.227 e. The van der Waals surface area contributed by atoms with E-state index in [1.54, 1.807) is 12.4 Å². The first-order chi connectivity index (χ1) is 7.09. The lowest BCUT2D eigenvalue weighted by atomic mass is 10.1. The van der Waals surface area contributed by atoms with E-state index < -0.39 is 0 Å². The van der Waals surface area contributed by atoms with Crippen molar-refractivity contribution in [1.82, 2.24) is 10.3 Å². The van der Waals surface area contributed by atoms with Crippen LogP contribution in [0.5, 0.6) is 0 Å². The summed E-state index contributed by atoms with van der Waals surface area (Å²) in [5.41, 5.74) is 7.34. The second kappa shape index (κ2) is 5.41. The number of nitrogens with zero attached hydrogens (tertiary/aromatic N) is 1. The fourth-order valence-electron chi connectivity index (χ4n) is 1.12. The highest BCUT2D eigenvalue weighted by Crippen LogP contribution is 2.03. The zero-order chi connectivity index (χ0) is 11.3. The zero-order valence-electron chi connectivity index (χ0n) is 8.49. The molecule has 0 aromatic carbocycles.